The van der Waals surface area contributed by atoms with Crippen molar-refractivity contribution in [2.45, 2.75) is 0 Å². The maximum absolute atomic E-state index is 12.7. The van der Waals surface area contributed by atoms with Crippen molar-refractivity contribution in [3.63, 3.8) is 0 Å². The van der Waals surface area contributed by atoms with Crippen LogP contribution in [0.4, 0.5) is 4.39 Å². The molecule has 1 rings (SSSR count). The van der Waals surface area contributed by atoms with Gasteiger partial charge in [-0.3, -0.25) is 0 Å². The lowest BCUT2D eigenvalue weighted by Gasteiger charge is -1.96. The largest absolute Gasteiger partial charge is 0.389 e. The zero-order valence-corrected chi connectivity index (χ0v) is 8.01. The third-order valence-electron chi connectivity index (χ3n) is 1.55. The number of hydrogen-bond donors (Lipinski definition) is 1. The number of nitrogens with zero attached hydrogens (tertiary/aromatic N) is 1. The van der Waals surface area contributed by atoms with Crippen molar-refractivity contribution in [1.29, 1.82) is 5.26 Å². The van der Waals surface area contributed by atoms with Crippen LogP contribution in [0.25, 0.3) is 6.08 Å². The summed E-state index contributed by atoms with van der Waals surface area (Å²) in [6.07, 6.45) is 1.45. The minimum absolute atomic E-state index is 0.0109. The molecule has 2 N–H and O–H groups in total. The maximum atomic E-state index is 12.7. The molecule has 70 valence electrons. The molecule has 1 aromatic rings. The van der Waals surface area contributed by atoms with E-state index in [1.165, 1.54) is 18.2 Å². The van der Waals surface area contributed by atoms with Crippen molar-refractivity contribution in [2.75, 3.05) is 0 Å². The smallest absolute Gasteiger partial charge is 0.123 e. The molecule has 4 heteroatoms. The van der Waals surface area contributed by atoms with Crippen molar-refractivity contribution in [1.82, 2.24) is 0 Å². The third kappa shape index (κ3) is 2.64. The molecule has 0 saturated heterocycles. The number of benzene rings is 1. The van der Waals surface area contributed by atoms with Gasteiger partial charge in [-0.05, 0) is 23.8 Å². The normalized spacial score (nSPS) is 10.7. The van der Waals surface area contributed by atoms with Crippen molar-refractivity contribution in [3.8, 4) is 6.07 Å². The van der Waals surface area contributed by atoms with Crippen molar-refractivity contribution >= 4 is 23.3 Å². The first kappa shape index (κ1) is 10.4. The molecule has 0 fully saturated rings. The zero-order valence-electron chi connectivity index (χ0n) is 7.20. The number of thiocarbonyl (C=S) groups is 1. The predicted octanol–water partition coefficient (Wildman–Crippen LogP) is 2.02. The molecule has 0 aliphatic rings. The summed E-state index contributed by atoms with van der Waals surface area (Å²) >= 11 is 4.64. The first-order chi connectivity index (χ1) is 6.63. The van der Waals surface area contributed by atoms with Crippen LogP contribution in [0.15, 0.2) is 29.8 Å². The molecule has 0 unspecified atom stereocenters. The fraction of sp³-hybridized carbons (Fsp3) is 0. The van der Waals surface area contributed by atoms with Crippen LogP contribution in [-0.4, -0.2) is 4.99 Å². The van der Waals surface area contributed by atoms with Crippen LogP contribution < -0.4 is 5.73 Å². The summed E-state index contributed by atoms with van der Waals surface area (Å²) in [5.74, 6) is -0.362. The summed E-state index contributed by atoms with van der Waals surface area (Å²) in [5.41, 5.74) is 6.02. The molecule has 0 amide bonds. The molecule has 0 saturated carbocycles. The van der Waals surface area contributed by atoms with Crippen LogP contribution in [0, 0.1) is 17.1 Å². The number of hydrogen-bond acceptors (Lipinski definition) is 2. The van der Waals surface area contributed by atoms with Gasteiger partial charge in [-0.2, -0.15) is 5.26 Å². The second-order valence-corrected chi connectivity index (χ2v) is 3.03. The first-order valence-electron chi connectivity index (χ1n) is 3.80. The standard InChI is InChI=1S/C10H7FN2S/c11-9-3-1-2-7(5-9)4-8(6-12)10(13)14/h1-5H,(H2,13,14)/b8-4+. The molecule has 0 aliphatic heterocycles. The Morgan fingerprint density at radius 1 is 1.57 bits per heavy atom. The highest BCUT2D eigenvalue weighted by molar-refractivity contribution is 7.80. The van der Waals surface area contributed by atoms with Crippen LogP contribution in [0.2, 0.25) is 0 Å². The average molecular weight is 206 g/mol. The molecule has 0 bridgehead atoms. The summed E-state index contributed by atoms with van der Waals surface area (Å²) in [6.45, 7) is 0. The lowest BCUT2D eigenvalue weighted by atomic mass is 10.1. The lowest BCUT2D eigenvalue weighted by Crippen LogP contribution is -2.09. The van der Waals surface area contributed by atoms with Gasteiger partial charge in [-0.15, -0.1) is 0 Å². The predicted molar refractivity (Wildman–Crippen MR) is 56.8 cm³/mol. The zero-order chi connectivity index (χ0) is 10.6. The minimum Gasteiger partial charge on any atom is -0.389 e. The van der Waals surface area contributed by atoms with E-state index in [1.54, 1.807) is 12.1 Å². The van der Waals surface area contributed by atoms with Gasteiger partial charge in [-0.1, -0.05) is 24.4 Å². The lowest BCUT2D eigenvalue weighted by molar-refractivity contribution is 0.627. The van der Waals surface area contributed by atoms with Crippen LogP contribution in [0.5, 0.6) is 0 Å². The van der Waals surface area contributed by atoms with Gasteiger partial charge in [0.15, 0.2) is 0 Å². The van der Waals surface area contributed by atoms with Gasteiger partial charge < -0.3 is 5.73 Å². The van der Waals surface area contributed by atoms with E-state index in [0.717, 1.165) is 0 Å². The topological polar surface area (TPSA) is 49.8 Å². The molecular weight excluding hydrogens is 199 g/mol. The van der Waals surface area contributed by atoms with E-state index < -0.39 is 0 Å². The minimum atomic E-state index is -0.362. The van der Waals surface area contributed by atoms with Gasteiger partial charge >= 0.3 is 0 Å². The van der Waals surface area contributed by atoms with Gasteiger partial charge in [0.2, 0.25) is 0 Å². The molecule has 0 aromatic heterocycles. The summed E-state index contributed by atoms with van der Waals surface area (Å²) in [4.78, 5) is 0.0109. The summed E-state index contributed by atoms with van der Waals surface area (Å²) in [5, 5.41) is 8.65. The van der Waals surface area contributed by atoms with Gasteiger partial charge in [0.1, 0.15) is 16.9 Å². The van der Waals surface area contributed by atoms with E-state index in [4.69, 9.17) is 11.0 Å². The number of nitriles is 1. The van der Waals surface area contributed by atoms with Gasteiger partial charge in [-0.25, -0.2) is 4.39 Å². The SMILES string of the molecule is N#C/C(=C\c1cccc(F)c1)C(N)=S. The molecule has 0 radical (unpaired) electrons. The Balaban J connectivity index is 3.08. The Kier molecular flexibility index (Phi) is 3.32. The average Bonchev–Trinajstić information content (AvgIpc) is 2.14. The van der Waals surface area contributed by atoms with Gasteiger partial charge in [0, 0.05) is 0 Å². The third-order valence-corrected chi connectivity index (χ3v) is 1.77. The number of rotatable bonds is 2. The molecule has 14 heavy (non-hydrogen) atoms. The van der Waals surface area contributed by atoms with Crippen LogP contribution >= 0.6 is 12.2 Å². The fourth-order valence-corrected chi connectivity index (χ4v) is 1.03. The highest BCUT2D eigenvalue weighted by Gasteiger charge is 1.99. The molecule has 0 atom stereocenters. The maximum Gasteiger partial charge on any atom is 0.123 e. The molecular formula is C10H7FN2S. The van der Waals surface area contributed by atoms with E-state index in [9.17, 15) is 4.39 Å². The quantitative estimate of drug-likeness (QED) is 0.457. The Morgan fingerprint density at radius 2 is 2.29 bits per heavy atom. The molecule has 0 heterocycles. The number of nitrogens with two attached hydrogens (primary N) is 1. The van der Waals surface area contributed by atoms with E-state index in [-0.39, 0.29) is 16.4 Å². The fourth-order valence-electron chi connectivity index (χ4n) is 0.922. The molecule has 0 aliphatic carbocycles. The van der Waals surface area contributed by atoms with Crippen molar-refractivity contribution in [2.24, 2.45) is 5.73 Å². The highest BCUT2D eigenvalue weighted by Crippen LogP contribution is 2.08. The summed E-state index contributed by atoms with van der Waals surface area (Å²) in [6, 6.07) is 7.68. The van der Waals surface area contributed by atoms with E-state index >= 15 is 0 Å². The van der Waals surface area contributed by atoms with Crippen LogP contribution in [-0.2, 0) is 0 Å². The van der Waals surface area contributed by atoms with E-state index in [0.29, 0.717) is 5.56 Å². The highest BCUT2D eigenvalue weighted by atomic mass is 32.1. The second-order valence-electron chi connectivity index (χ2n) is 2.59. The van der Waals surface area contributed by atoms with E-state index in [1.807, 2.05) is 6.07 Å². The Bertz CT molecular complexity index is 432. The Morgan fingerprint density at radius 3 is 2.79 bits per heavy atom. The van der Waals surface area contributed by atoms with Gasteiger partial charge in [0.05, 0.1) is 5.57 Å². The van der Waals surface area contributed by atoms with Crippen molar-refractivity contribution < 1.29 is 4.39 Å². The molecule has 0 spiro atoms. The Labute approximate surface area is 86.5 Å². The summed E-state index contributed by atoms with van der Waals surface area (Å²) in [7, 11) is 0. The number of halogens is 1. The van der Waals surface area contributed by atoms with Crippen LogP contribution in [0.1, 0.15) is 5.56 Å². The van der Waals surface area contributed by atoms with Crippen LogP contribution in [0.3, 0.4) is 0 Å². The van der Waals surface area contributed by atoms with E-state index in [2.05, 4.69) is 12.2 Å². The first-order valence-corrected chi connectivity index (χ1v) is 4.21. The van der Waals surface area contributed by atoms with Gasteiger partial charge in [0.25, 0.3) is 0 Å². The Hall–Kier alpha value is -1.73. The second kappa shape index (κ2) is 4.49. The van der Waals surface area contributed by atoms with Crippen molar-refractivity contribution in [3.05, 3.63) is 41.2 Å². The summed E-state index contributed by atoms with van der Waals surface area (Å²) < 4.78 is 12.7. The monoisotopic (exact) mass is 206 g/mol. The molecule has 2 nitrogen and oxygen atoms in total. The molecule has 1 aromatic carbocycles.